The number of hydrogen-bond donors (Lipinski definition) is 1. The van der Waals surface area contributed by atoms with Gasteiger partial charge in [0.15, 0.2) is 0 Å². The van der Waals surface area contributed by atoms with Crippen molar-refractivity contribution in [2.45, 2.75) is 38.3 Å². The molecule has 0 aromatic heterocycles. The summed E-state index contributed by atoms with van der Waals surface area (Å²) in [5, 5.41) is 8.90. The predicted octanol–water partition coefficient (Wildman–Crippen LogP) is 2.04. The molecule has 0 unspecified atom stereocenters. The Labute approximate surface area is 108 Å². The third-order valence-electron chi connectivity index (χ3n) is 4.36. The maximum Gasteiger partial charge on any atom is 0.471 e. The normalized spacial score (nSPS) is 31.7. The van der Waals surface area contributed by atoms with Crippen molar-refractivity contribution in [2.24, 2.45) is 11.3 Å². The number of carboxylic acid groups (broad SMARTS) is 1. The molecule has 1 heterocycles. The van der Waals surface area contributed by atoms with Gasteiger partial charge in [0.2, 0.25) is 0 Å². The maximum atomic E-state index is 12.4. The molecule has 2 rings (SSSR count). The molecule has 0 aromatic rings. The van der Waals surface area contributed by atoms with Crippen LogP contribution in [0.25, 0.3) is 0 Å². The number of carbonyl (C=O) groups excluding carboxylic acids is 1. The van der Waals surface area contributed by atoms with Gasteiger partial charge in [-0.05, 0) is 37.5 Å². The fourth-order valence-corrected chi connectivity index (χ4v) is 3.17. The molecule has 0 bridgehead atoms. The quantitative estimate of drug-likeness (QED) is 0.799. The molecule has 1 N–H and O–H groups in total. The molecule has 1 saturated carbocycles. The van der Waals surface area contributed by atoms with E-state index in [-0.39, 0.29) is 18.5 Å². The van der Waals surface area contributed by atoms with Crippen LogP contribution < -0.4 is 0 Å². The molecule has 1 amide bonds. The smallest absolute Gasteiger partial charge is 0.471 e. The minimum absolute atomic E-state index is 0.109. The van der Waals surface area contributed by atoms with Gasteiger partial charge in [-0.3, -0.25) is 9.59 Å². The van der Waals surface area contributed by atoms with Gasteiger partial charge in [0, 0.05) is 13.1 Å². The summed E-state index contributed by atoms with van der Waals surface area (Å²) in [5.41, 5.74) is -0.299. The van der Waals surface area contributed by atoms with E-state index in [1.165, 1.54) is 0 Å². The first-order valence-electron chi connectivity index (χ1n) is 6.32. The lowest BCUT2D eigenvalue weighted by Gasteiger charge is -2.35. The van der Waals surface area contributed by atoms with E-state index in [2.05, 4.69) is 0 Å². The first-order chi connectivity index (χ1) is 8.73. The summed E-state index contributed by atoms with van der Waals surface area (Å²) >= 11 is 0. The van der Waals surface area contributed by atoms with Crippen LogP contribution in [-0.4, -0.2) is 41.1 Å². The van der Waals surface area contributed by atoms with Crippen LogP contribution in [0.15, 0.2) is 0 Å². The largest absolute Gasteiger partial charge is 0.481 e. The Morgan fingerprint density at radius 2 is 1.74 bits per heavy atom. The third kappa shape index (κ3) is 2.84. The highest BCUT2D eigenvalue weighted by Crippen LogP contribution is 2.46. The van der Waals surface area contributed by atoms with E-state index in [0.717, 1.165) is 4.90 Å². The molecular formula is C12H16F3NO3. The number of likely N-dealkylation sites (tertiary alicyclic amines) is 1. The zero-order chi connectivity index (χ0) is 14.3. The molecule has 1 saturated heterocycles. The molecule has 0 atom stereocenters. The molecule has 0 aromatic carbocycles. The fraction of sp³-hybridized carbons (Fsp3) is 0.833. The second-order valence-corrected chi connectivity index (χ2v) is 5.59. The number of carbonyl (C=O) groups is 2. The van der Waals surface area contributed by atoms with E-state index in [1.54, 1.807) is 0 Å². The summed E-state index contributed by atoms with van der Waals surface area (Å²) < 4.78 is 37.1. The number of hydrogen-bond acceptors (Lipinski definition) is 2. The third-order valence-corrected chi connectivity index (χ3v) is 4.36. The molecule has 2 aliphatic rings. The van der Waals surface area contributed by atoms with Crippen LogP contribution in [0.5, 0.6) is 0 Å². The highest BCUT2D eigenvalue weighted by Gasteiger charge is 2.49. The van der Waals surface area contributed by atoms with Crippen molar-refractivity contribution < 1.29 is 27.9 Å². The second-order valence-electron chi connectivity index (χ2n) is 5.59. The van der Waals surface area contributed by atoms with E-state index in [0.29, 0.717) is 32.1 Å². The topological polar surface area (TPSA) is 57.6 Å². The Bertz CT molecular complexity index is 386. The number of halogens is 3. The lowest BCUT2D eigenvalue weighted by molar-refractivity contribution is -0.184. The molecule has 2 fully saturated rings. The lowest BCUT2D eigenvalue weighted by Crippen LogP contribution is -2.41. The Hall–Kier alpha value is -1.27. The molecular weight excluding hydrogens is 263 g/mol. The Kier molecular flexibility index (Phi) is 3.49. The molecule has 1 aliphatic carbocycles. The minimum Gasteiger partial charge on any atom is -0.481 e. The van der Waals surface area contributed by atoms with Crippen molar-refractivity contribution in [3.8, 4) is 0 Å². The van der Waals surface area contributed by atoms with E-state index >= 15 is 0 Å². The molecule has 1 spiro atoms. The van der Waals surface area contributed by atoms with Gasteiger partial charge in [0.1, 0.15) is 0 Å². The maximum absolute atomic E-state index is 12.4. The van der Waals surface area contributed by atoms with E-state index in [9.17, 15) is 22.8 Å². The fourth-order valence-electron chi connectivity index (χ4n) is 3.17. The molecule has 7 heteroatoms. The first kappa shape index (κ1) is 14.1. The summed E-state index contributed by atoms with van der Waals surface area (Å²) in [6, 6.07) is 0. The van der Waals surface area contributed by atoms with Crippen LogP contribution in [0.1, 0.15) is 32.1 Å². The Morgan fingerprint density at radius 1 is 1.16 bits per heavy atom. The van der Waals surface area contributed by atoms with E-state index in [4.69, 9.17) is 5.11 Å². The summed E-state index contributed by atoms with van der Waals surface area (Å²) in [7, 11) is 0. The van der Waals surface area contributed by atoms with Crippen molar-refractivity contribution in [1.29, 1.82) is 0 Å². The predicted molar refractivity (Wildman–Crippen MR) is 59.3 cm³/mol. The van der Waals surface area contributed by atoms with Crippen molar-refractivity contribution in [2.75, 3.05) is 13.1 Å². The van der Waals surface area contributed by atoms with Gasteiger partial charge in [-0.1, -0.05) is 0 Å². The molecule has 19 heavy (non-hydrogen) atoms. The van der Waals surface area contributed by atoms with Crippen molar-refractivity contribution in [3.05, 3.63) is 0 Å². The summed E-state index contributed by atoms with van der Waals surface area (Å²) in [6.45, 7) is 0.230. The number of rotatable bonds is 1. The highest BCUT2D eigenvalue weighted by atomic mass is 19.4. The zero-order valence-corrected chi connectivity index (χ0v) is 10.4. The lowest BCUT2D eigenvalue weighted by atomic mass is 9.70. The van der Waals surface area contributed by atoms with Gasteiger partial charge < -0.3 is 10.0 Å². The zero-order valence-electron chi connectivity index (χ0n) is 10.4. The molecule has 0 radical (unpaired) electrons. The van der Waals surface area contributed by atoms with Crippen molar-refractivity contribution in [1.82, 2.24) is 4.90 Å². The monoisotopic (exact) mass is 279 g/mol. The summed E-state index contributed by atoms with van der Waals surface area (Å²) in [5.74, 6) is -3.00. The number of amides is 1. The van der Waals surface area contributed by atoms with Crippen LogP contribution in [0, 0.1) is 11.3 Å². The number of alkyl halides is 3. The van der Waals surface area contributed by atoms with Gasteiger partial charge in [-0.15, -0.1) is 0 Å². The number of carboxylic acids is 1. The molecule has 108 valence electrons. The second kappa shape index (κ2) is 4.68. The van der Waals surface area contributed by atoms with Gasteiger partial charge in [0.05, 0.1) is 5.92 Å². The first-order valence-corrected chi connectivity index (χ1v) is 6.32. The van der Waals surface area contributed by atoms with Crippen molar-refractivity contribution >= 4 is 11.9 Å². The number of aliphatic carboxylic acids is 1. The average molecular weight is 279 g/mol. The van der Waals surface area contributed by atoms with Crippen LogP contribution >= 0.6 is 0 Å². The average Bonchev–Trinajstić information content (AvgIpc) is 2.71. The summed E-state index contributed by atoms with van der Waals surface area (Å²) in [6.07, 6.45) is -2.12. The van der Waals surface area contributed by atoms with Gasteiger partial charge in [0.25, 0.3) is 0 Å². The van der Waals surface area contributed by atoms with Crippen molar-refractivity contribution in [3.63, 3.8) is 0 Å². The highest BCUT2D eigenvalue weighted by molar-refractivity contribution is 5.82. The van der Waals surface area contributed by atoms with Crippen LogP contribution in [0.3, 0.4) is 0 Å². The molecule has 1 aliphatic heterocycles. The summed E-state index contributed by atoms with van der Waals surface area (Å²) in [4.78, 5) is 22.9. The van der Waals surface area contributed by atoms with Crippen LogP contribution in [0.4, 0.5) is 13.2 Å². The van der Waals surface area contributed by atoms with Gasteiger partial charge in [-0.25, -0.2) is 0 Å². The Balaban J connectivity index is 1.96. The standard InChI is InChI=1S/C12H16F3NO3/c13-12(14,15)10(19)16-6-5-11(7-16)3-1-8(2-4-11)9(17)18/h8H,1-7H2,(H,17,18). The molecule has 4 nitrogen and oxygen atoms in total. The van der Waals surface area contributed by atoms with Crippen LogP contribution in [-0.2, 0) is 9.59 Å². The number of nitrogens with zero attached hydrogens (tertiary/aromatic N) is 1. The van der Waals surface area contributed by atoms with E-state index < -0.39 is 24.0 Å². The SMILES string of the molecule is O=C(O)C1CCC2(CC1)CCN(C(=O)C(F)(F)F)C2. The van der Waals surface area contributed by atoms with E-state index in [1.807, 2.05) is 0 Å². The van der Waals surface area contributed by atoms with Gasteiger partial charge in [-0.2, -0.15) is 13.2 Å². The van der Waals surface area contributed by atoms with Gasteiger partial charge >= 0.3 is 18.1 Å². The minimum atomic E-state index is -4.82. The Morgan fingerprint density at radius 3 is 2.21 bits per heavy atom. The van der Waals surface area contributed by atoms with Crippen LogP contribution in [0.2, 0.25) is 0 Å².